The van der Waals surface area contributed by atoms with Gasteiger partial charge in [0.05, 0.1) is 37.6 Å². The summed E-state index contributed by atoms with van der Waals surface area (Å²) in [5, 5.41) is 4.21. The van der Waals surface area contributed by atoms with Crippen LogP contribution in [0.5, 0.6) is 5.75 Å². The molecule has 0 N–H and O–H groups in total. The van der Waals surface area contributed by atoms with Crippen molar-refractivity contribution in [1.29, 1.82) is 0 Å². The molecule has 3 rings (SSSR count). The summed E-state index contributed by atoms with van der Waals surface area (Å²) in [5.41, 5.74) is 2.19. The molecular weight excluding hydrogens is 344 g/mol. The number of aromatic nitrogens is 2. The van der Waals surface area contributed by atoms with Crippen molar-refractivity contribution in [3.63, 3.8) is 0 Å². The van der Waals surface area contributed by atoms with E-state index >= 15 is 0 Å². The third-order valence-corrected chi connectivity index (χ3v) is 4.09. The molecule has 138 valence electrons. The highest BCUT2D eigenvalue weighted by Gasteiger charge is 2.15. The molecule has 0 saturated heterocycles. The van der Waals surface area contributed by atoms with Gasteiger partial charge in [0.25, 0.3) is 5.56 Å². The lowest BCUT2D eigenvalue weighted by atomic mass is 10.0. The van der Waals surface area contributed by atoms with Gasteiger partial charge in [0.1, 0.15) is 0 Å². The molecule has 3 aromatic rings. The van der Waals surface area contributed by atoms with Crippen molar-refractivity contribution in [2.45, 2.75) is 13.5 Å². The van der Waals surface area contributed by atoms with Crippen LogP contribution in [0.15, 0.2) is 65.6 Å². The highest BCUT2D eigenvalue weighted by atomic mass is 16.5. The van der Waals surface area contributed by atoms with Crippen LogP contribution in [0.1, 0.15) is 22.8 Å². The fourth-order valence-electron chi connectivity index (χ4n) is 2.75. The summed E-state index contributed by atoms with van der Waals surface area (Å²) >= 11 is 0. The predicted molar refractivity (Wildman–Crippen MR) is 102 cm³/mol. The highest BCUT2D eigenvalue weighted by Crippen LogP contribution is 2.26. The van der Waals surface area contributed by atoms with Crippen LogP contribution in [0.3, 0.4) is 0 Å². The number of ether oxygens (including phenoxy) is 2. The zero-order valence-electron chi connectivity index (χ0n) is 15.2. The van der Waals surface area contributed by atoms with Gasteiger partial charge in [-0.2, -0.15) is 5.10 Å². The second-order valence-corrected chi connectivity index (χ2v) is 5.83. The number of esters is 1. The molecule has 0 aliphatic rings. The molecule has 0 radical (unpaired) electrons. The summed E-state index contributed by atoms with van der Waals surface area (Å²) < 4.78 is 11.7. The molecule has 6 nitrogen and oxygen atoms in total. The van der Waals surface area contributed by atoms with Crippen molar-refractivity contribution in [3.8, 4) is 16.9 Å². The molecular formula is C21H20N2O4. The van der Waals surface area contributed by atoms with Gasteiger partial charge >= 0.3 is 5.97 Å². The van der Waals surface area contributed by atoms with Crippen LogP contribution in [0.4, 0.5) is 0 Å². The summed E-state index contributed by atoms with van der Waals surface area (Å²) in [4.78, 5) is 24.8. The number of benzene rings is 2. The largest absolute Gasteiger partial charge is 0.494 e. The number of hydrogen-bond acceptors (Lipinski definition) is 5. The lowest BCUT2D eigenvalue weighted by Crippen LogP contribution is -2.25. The van der Waals surface area contributed by atoms with Gasteiger partial charge in [0.2, 0.25) is 0 Å². The van der Waals surface area contributed by atoms with E-state index in [0.29, 0.717) is 35.6 Å². The Labute approximate surface area is 157 Å². The Balaban J connectivity index is 2.00. The van der Waals surface area contributed by atoms with Gasteiger partial charge < -0.3 is 9.47 Å². The summed E-state index contributed by atoms with van der Waals surface area (Å²) in [7, 11) is 1.49. The molecule has 0 bridgehead atoms. The molecule has 0 unspecified atom stereocenters. The molecule has 27 heavy (non-hydrogen) atoms. The molecule has 2 aromatic carbocycles. The van der Waals surface area contributed by atoms with Crippen LogP contribution < -0.4 is 10.3 Å². The van der Waals surface area contributed by atoms with Crippen LogP contribution in [0.25, 0.3) is 11.1 Å². The zero-order chi connectivity index (χ0) is 19.2. The minimum Gasteiger partial charge on any atom is -0.494 e. The summed E-state index contributed by atoms with van der Waals surface area (Å²) in [6.07, 6.45) is 1.53. The predicted octanol–water partition coefficient (Wildman–Crippen LogP) is 3.14. The summed E-state index contributed by atoms with van der Waals surface area (Å²) in [6, 6.07) is 16.3. The molecule has 0 atom stereocenters. The monoisotopic (exact) mass is 364 g/mol. The molecule has 1 heterocycles. The first-order valence-corrected chi connectivity index (χ1v) is 8.59. The van der Waals surface area contributed by atoms with Crippen molar-refractivity contribution >= 4 is 5.97 Å². The molecule has 6 heteroatoms. The fourth-order valence-corrected chi connectivity index (χ4v) is 2.75. The SMILES string of the molecule is CCOC(=O)c1ccc(-c2c(OC)cnn(Cc3ccccc3)c2=O)cc1. The Bertz CT molecular complexity index is 979. The maximum atomic E-state index is 13.0. The lowest BCUT2D eigenvalue weighted by molar-refractivity contribution is 0.0526. The van der Waals surface area contributed by atoms with E-state index in [2.05, 4.69) is 5.10 Å². The zero-order valence-corrected chi connectivity index (χ0v) is 15.2. The Morgan fingerprint density at radius 2 is 1.78 bits per heavy atom. The van der Waals surface area contributed by atoms with Crippen molar-refractivity contribution in [1.82, 2.24) is 9.78 Å². The maximum absolute atomic E-state index is 13.0. The molecule has 0 aliphatic heterocycles. The van der Waals surface area contributed by atoms with Crippen molar-refractivity contribution in [2.24, 2.45) is 0 Å². The smallest absolute Gasteiger partial charge is 0.338 e. The third-order valence-electron chi connectivity index (χ3n) is 4.09. The Morgan fingerprint density at radius 1 is 1.07 bits per heavy atom. The molecule has 0 fully saturated rings. The van der Waals surface area contributed by atoms with Gasteiger partial charge in [-0.05, 0) is 30.2 Å². The first kappa shape index (κ1) is 18.4. The number of hydrogen-bond donors (Lipinski definition) is 0. The topological polar surface area (TPSA) is 70.4 Å². The number of nitrogens with zero attached hydrogens (tertiary/aromatic N) is 2. The third kappa shape index (κ3) is 4.06. The number of rotatable bonds is 6. The van der Waals surface area contributed by atoms with Crippen molar-refractivity contribution < 1.29 is 14.3 Å². The lowest BCUT2D eigenvalue weighted by Gasteiger charge is -2.12. The van der Waals surface area contributed by atoms with Crippen LogP contribution >= 0.6 is 0 Å². The fraction of sp³-hybridized carbons (Fsp3) is 0.190. The molecule has 0 saturated carbocycles. The first-order valence-electron chi connectivity index (χ1n) is 8.59. The second-order valence-electron chi connectivity index (χ2n) is 5.83. The van der Waals surface area contributed by atoms with Gasteiger partial charge in [0, 0.05) is 0 Å². The average Bonchev–Trinajstić information content (AvgIpc) is 2.70. The molecule has 0 amide bonds. The normalized spacial score (nSPS) is 10.4. The van der Waals surface area contributed by atoms with Gasteiger partial charge in [-0.15, -0.1) is 0 Å². The summed E-state index contributed by atoms with van der Waals surface area (Å²) in [5.74, 6) is -0.0135. The van der Waals surface area contributed by atoms with Crippen molar-refractivity contribution in [2.75, 3.05) is 13.7 Å². The van der Waals surface area contributed by atoms with Crippen LogP contribution in [0, 0.1) is 0 Å². The van der Waals surface area contributed by atoms with E-state index in [4.69, 9.17) is 9.47 Å². The van der Waals surface area contributed by atoms with E-state index in [9.17, 15) is 9.59 Å². The summed E-state index contributed by atoms with van der Waals surface area (Å²) in [6.45, 7) is 2.42. The van der Waals surface area contributed by atoms with Gasteiger partial charge in [-0.25, -0.2) is 9.48 Å². The van der Waals surface area contributed by atoms with E-state index in [1.165, 1.54) is 18.0 Å². The number of methoxy groups -OCH3 is 1. The van der Waals surface area contributed by atoms with Gasteiger partial charge in [0.15, 0.2) is 5.75 Å². The van der Waals surface area contributed by atoms with E-state index in [-0.39, 0.29) is 5.56 Å². The Kier molecular flexibility index (Phi) is 5.66. The van der Waals surface area contributed by atoms with Gasteiger partial charge in [-0.3, -0.25) is 4.79 Å². The minimum absolute atomic E-state index is 0.262. The highest BCUT2D eigenvalue weighted by molar-refractivity contribution is 5.90. The van der Waals surface area contributed by atoms with E-state index < -0.39 is 5.97 Å². The Morgan fingerprint density at radius 3 is 2.41 bits per heavy atom. The van der Waals surface area contributed by atoms with Crippen LogP contribution in [0.2, 0.25) is 0 Å². The van der Waals surface area contributed by atoms with E-state index in [1.807, 2.05) is 30.3 Å². The standard InChI is InChI=1S/C21H20N2O4/c1-3-27-21(25)17-11-9-16(10-12-17)19-18(26-2)13-22-23(20(19)24)14-15-7-5-4-6-8-15/h4-13H,3,14H2,1-2H3. The van der Waals surface area contributed by atoms with Gasteiger partial charge in [-0.1, -0.05) is 42.5 Å². The molecule has 1 aromatic heterocycles. The Hall–Kier alpha value is -3.41. The quantitative estimate of drug-likeness (QED) is 0.629. The van der Waals surface area contributed by atoms with E-state index in [0.717, 1.165) is 5.56 Å². The number of carbonyl (C=O) groups excluding carboxylic acids is 1. The first-order chi connectivity index (χ1) is 13.1. The second kappa shape index (κ2) is 8.31. The van der Waals surface area contributed by atoms with Crippen LogP contribution in [-0.4, -0.2) is 29.5 Å². The minimum atomic E-state index is -0.396. The van der Waals surface area contributed by atoms with E-state index in [1.54, 1.807) is 31.2 Å². The van der Waals surface area contributed by atoms with Crippen molar-refractivity contribution in [3.05, 3.63) is 82.3 Å². The van der Waals surface area contributed by atoms with Crippen LogP contribution in [-0.2, 0) is 11.3 Å². The molecule has 0 spiro atoms. The molecule has 0 aliphatic carbocycles. The number of carbonyl (C=O) groups is 1. The average molecular weight is 364 g/mol. The maximum Gasteiger partial charge on any atom is 0.338 e.